The SMILES string of the molecule is CCCc1ccc(-c2cc(F)c(C(F)(F)Oc3cc(F)c(OCF)c(F)c3)c(F)c2)cc1.CCCc1ccc(-c2cc(F)c(C(F)(F)Oc3cc(F)c(OCF)c(F)c3)c(F)c2)cc1.FC(F)=C(F)F.FC=C(F)F. The normalized spacial score (nSPS) is 10.9. The summed E-state index contributed by atoms with van der Waals surface area (Å²) in [5.41, 5.74) is -0.577. The third kappa shape index (κ3) is 17.9. The third-order valence-electron chi connectivity index (χ3n) is 9.38. The molecule has 0 amide bonds. The second-order valence-electron chi connectivity index (χ2n) is 14.6. The summed E-state index contributed by atoms with van der Waals surface area (Å²) in [7, 11) is 0. The molecule has 0 N–H and O–H groups in total. The Labute approximate surface area is 411 Å². The van der Waals surface area contributed by atoms with Crippen molar-refractivity contribution in [1.29, 1.82) is 0 Å². The molecule has 0 spiro atoms. The lowest BCUT2D eigenvalue weighted by Crippen LogP contribution is -2.25. The third-order valence-corrected chi connectivity index (χ3v) is 9.38. The second kappa shape index (κ2) is 28.3. The van der Waals surface area contributed by atoms with E-state index in [1.807, 2.05) is 13.8 Å². The molecule has 25 heteroatoms. The molecule has 0 aromatic heterocycles. The Bertz CT molecular complexity index is 2600. The summed E-state index contributed by atoms with van der Waals surface area (Å²) in [4.78, 5) is 0. The average molecular weight is 1100 g/mol. The number of benzene rings is 6. The van der Waals surface area contributed by atoms with Crippen LogP contribution in [0.1, 0.15) is 48.9 Å². The fraction of sp³-hybridized carbons (Fsp3) is 0.200. The van der Waals surface area contributed by atoms with Gasteiger partial charge in [0.1, 0.15) is 45.9 Å². The molecule has 0 bridgehead atoms. The Balaban J connectivity index is 0.000000329. The molecule has 4 nitrogen and oxygen atoms in total. The lowest BCUT2D eigenvalue weighted by Gasteiger charge is -2.20. The molecule has 6 rings (SSSR count). The van der Waals surface area contributed by atoms with Gasteiger partial charge in [0.2, 0.25) is 13.7 Å². The lowest BCUT2D eigenvalue weighted by molar-refractivity contribution is -0.190. The summed E-state index contributed by atoms with van der Waals surface area (Å²) in [6, 6.07) is 17.5. The molecule has 0 unspecified atom stereocenters. The van der Waals surface area contributed by atoms with Crippen molar-refractivity contribution in [2.75, 3.05) is 13.7 Å². The maximum absolute atomic E-state index is 14.5. The second-order valence-corrected chi connectivity index (χ2v) is 14.6. The van der Waals surface area contributed by atoms with Gasteiger partial charge < -0.3 is 18.9 Å². The first-order chi connectivity index (χ1) is 35.2. The molecule has 0 fully saturated rings. The van der Waals surface area contributed by atoms with Crippen LogP contribution in [0.15, 0.2) is 122 Å². The van der Waals surface area contributed by atoms with Gasteiger partial charge in [-0.05, 0) is 70.5 Å². The molecular formula is C50H35F21O4. The maximum atomic E-state index is 14.5. The monoisotopic (exact) mass is 1100 g/mol. The van der Waals surface area contributed by atoms with Gasteiger partial charge in [-0.2, -0.15) is 43.9 Å². The van der Waals surface area contributed by atoms with Crippen molar-refractivity contribution in [3.05, 3.63) is 190 Å². The van der Waals surface area contributed by atoms with E-state index in [0.717, 1.165) is 36.8 Å². The summed E-state index contributed by atoms with van der Waals surface area (Å²) in [5, 5.41) is 0. The summed E-state index contributed by atoms with van der Waals surface area (Å²) in [6.07, 6.45) is -14.6. The number of rotatable bonds is 16. The topological polar surface area (TPSA) is 36.9 Å². The number of aryl methyl sites for hydroxylation is 2. The van der Waals surface area contributed by atoms with Crippen molar-refractivity contribution in [3.63, 3.8) is 0 Å². The fourth-order valence-corrected chi connectivity index (χ4v) is 6.31. The molecule has 75 heavy (non-hydrogen) atoms. The lowest BCUT2D eigenvalue weighted by atomic mass is 10.00. The van der Waals surface area contributed by atoms with Gasteiger partial charge in [0.05, 0.1) is 0 Å². The van der Waals surface area contributed by atoms with E-state index in [1.165, 1.54) is 0 Å². The van der Waals surface area contributed by atoms with Crippen molar-refractivity contribution in [3.8, 4) is 45.3 Å². The van der Waals surface area contributed by atoms with Gasteiger partial charge in [0.15, 0.2) is 41.1 Å². The number of hydrogen-bond donors (Lipinski definition) is 0. The van der Waals surface area contributed by atoms with Gasteiger partial charge in [-0.15, -0.1) is 0 Å². The van der Waals surface area contributed by atoms with Crippen LogP contribution in [0.5, 0.6) is 23.0 Å². The smallest absolute Gasteiger partial charge is 0.432 e. The summed E-state index contributed by atoms with van der Waals surface area (Å²) in [6.45, 7) is 0.867. The van der Waals surface area contributed by atoms with Crippen LogP contribution >= 0.6 is 0 Å². The van der Waals surface area contributed by atoms with Crippen LogP contribution in [0.2, 0.25) is 0 Å². The molecule has 0 aliphatic rings. The van der Waals surface area contributed by atoms with Gasteiger partial charge in [-0.3, -0.25) is 0 Å². The minimum absolute atomic E-state index is 0.0208. The molecule has 0 saturated carbocycles. The number of ether oxygens (including phenoxy) is 4. The zero-order valence-electron chi connectivity index (χ0n) is 38.1. The fourth-order valence-electron chi connectivity index (χ4n) is 6.31. The Kier molecular flexibility index (Phi) is 23.3. The quantitative estimate of drug-likeness (QED) is 0.0905. The molecule has 6 aromatic carbocycles. The van der Waals surface area contributed by atoms with E-state index >= 15 is 0 Å². The van der Waals surface area contributed by atoms with Crippen LogP contribution in [0.3, 0.4) is 0 Å². The Morgan fingerprint density at radius 3 is 0.907 bits per heavy atom. The molecule has 0 aliphatic carbocycles. The van der Waals surface area contributed by atoms with Gasteiger partial charge >= 0.3 is 24.4 Å². The van der Waals surface area contributed by atoms with Crippen molar-refractivity contribution < 1.29 is 111 Å². The highest BCUT2D eigenvalue weighted by atomic mass is 19.3. The minimum Gasteiger partial charge on any atom is -0.457 e. The van der Waals surface area contributed by atoms with E-state index in [1.54, 1.807) is 48.5 Å². The molecule has 0 saturated heterocycles. The molecule has 406 valence electrons. The van der Waals surface area contributed by atoms with Crippen LogP contribution in [0.4, 0.5) is 92.2 Å². The van der Waals surface area contributed by atoms with E-state index < -0.39 is 131 Å². The Morgan fingerprint density at radius 1 is 0.427 bits per heavy atom. The summed E-state index contributed by atoms with van der Waals surface area (Å²) < 4.78 is 284. The standard InChI is InChI=1S/2C23H17F7O2.C2F4.C2HF3/c2*1-2-3-13-4-6-14(7-5-13)15-8-17(25)21(18(26)9-15)23(29,30)32-16-10-19(27)22(31-12-24)20(28)11-16;3-1(4)2(5)6;3-1-2(4)5/h2*4-11H,2-3,12H2,1H3;;1H. The van der Waals surface area contributed by atoms with Crippen LogP contribution in [0, 0.1) is 46.5 Å². The first-order valence-electron chi connectivity index (χ1n) is 20.9. The number of hydrogen-bond acceptors (Lipinski definition) is 4. The van der Waals surface area contributed by atoms with Crippen LogP contribution in [-0.2, 0) is 25.1 Å². The first kappa shape index (κ1) is 61.8. The molecule has 0 atom stereocenters. The maximum Gasteiger partial charge on any atom is 0.432 e. The summed E-state index contributed by atoms with van der Waals surface area (Å²) >= 11 is 0. The van der Waals surface area contributed by atoms with Gasteiger partial charge in [-0.1, -0.05) is 75.2 Å². The number of alkyl halides is 6. The van der Waals surface area contributed by atoms with Crippen molar-refractivity contribution in [2.45, 2.75) is 51.7 Å². The van der Waals surface area contributed by atoms with Crippen LogP contribution in [-0.4, -0.2) is 13.7 Å². The van der Waals surface area contributed by atoms with Gasteiger partial charge in [-0.25, -0.2) is 48.3 Å². The van der Waals surface area contributed by atoms with Crippen LogP contribution < -0.4 is 18.9 Å². The van der Waals surface area contributed by atoms with E-state index in [2.05, 4.69) is 18.9 Å². The first-order valence-corrected chi connectivity index (χ1v) is 20.9. The number of halogens is 21. The van der Waals surface area contributed by atoms with Gasteiger partial charge in [0, 0.05) is 24.3 Å². The van der Waals surface area contributed by atoms with E-state index in [4.69, 9.17) is 0 Å². The van der Waals surface area contributed by atoms with Crippen molar-refractivity contribution in [1.82, 2.24) is 0 Å². The minimum atomic E-state index is -4.61. The zero-order chi connectivity index (χ0) is 56.4. The molecule has 0 heterocycles. The molecule has 0 aliphatic heterocycles. The van der Waals surface area contributed by atoms with Crippen molar-refractivity contribution >= 4 is 0 Å². The van der Waals surface area contributed by atoms with Crippen molar-refractivity contribution in [2.24, 2.45) is 0 Å². The molecule has 6 aromatic rings. The summed E-state index contributed by atoms with van der Waals surface area (Å²) in [5.74, 6) is -17.0. The Morgan fingerprint density at radius 2 is 0.693 bits per heavy atom. The van der Waals surface area contributed by atoms with E-state index in [9.17, 15) is 92.2 Å². The molecule has 0 radical (unpaired) electrons. The van der Waals surface area contributed by atoms with Crippen LogP contribution in [0.25, 0.3) is 22.3 Å². The van der Waals surface area contributed by atoms with Gasteiger partial charge in [0.25, 0.3) is 6.08 Å². The largest absolute Gasteiger partial charge is 0.457 e. The highest BCUT2D eigenvalue weighted by Crippen LogP contribution is 2.41. The predicted molar refractivity (Wildman–Crippen MR) is 229 cm³/mol. The van der Waals surface area contributed by atoms with E-state index in [-0.39, 0.29) is 35.4 Å². The highest BCUT2D eigenvalue weighted by molar-refractivity contribution is 5.65. The van der Waals surface area contributed by atoms with E-state index in [0.29, 0.717) is 35.4 Å². The molecular weight excluding hydrogens is 1060 g/mol. The average Bonchev–Trinajstić information content (AvgIpc) is 3.31. The highest BCUT2D eigenvalue weighted by Gasteiger charge is 2.43. The zero-order valence-corrected chi connectivity index (χ0v) is 38.1. The Hall–Kier alpha value is -7.47. The predicted octanol–water partition coefficient (Wildman–Crippen LogP) is 18.3.